The molecule has 4 nitrogen and oxygen atoms in total. The molecule has 0 amide bonds. The van der Waals surface area contributed by atoms with Gasteiger partial charge < -0.3 is 20.9 Å². The fourth-order valence-electron chi connectivity index (χ4n) is 3.27. The molecular weight excluding hydrogens is 312 g/mol. The van der Waals surface area contributed by atoms with Crippen molar-refractivity contribution in [3.8, 4) is 11.5 Å². The Kier molecular flexibility index (Phi) is 5.69. The second kappa shape index (κ2) is 8.15. The third kappa shape index (κ3) is 5.05. The zero-order valence-corrected chi connectivity index (χ0v) is 14.9. The number of hydrogen-bond acceptors (Lipinski definition) is 4. The van der Waals surface area contributed by atoms with Gasteiger partial charge in [0.25, 0.3) is 0 Å². The smallest absolute Gasteiger partial charge is 0.121 e. The quantitative estimate of drug-likeness (QED) is 0.764. The first-order chi connectivity index (χ1) is 12.1. The third-order valence-corrected chi connectivity index (χ3v) is 5.07. The Hall–Kier alpha value is -2.36. The first kappa shape index (κ1) is 17.5. The summed E-state index contributed by atoms with van der Waals surface area (Å²) in [6, 6.07) is 13.5. The molecule has 0 atom stereocenters. The van der Waals surface area contributed by atoms with Gasteiger partial charge in [-0.15, -0.1) is 0 Å². The molecule has 0 bridgehead atoms. The third-order valence-electron chi connectivity index (χ3n) is 5.07. The van der Waals surface area contributed by atoms with Gasteiger partial charge in [-0.3, -0.25) is 0 Å². The van der Waals surface area contributed by atoms with E-state index in [-0.39, 0.29) is 0 Å². The van der Waals surface area contributed by atoms with Crippen molar-refractivity contribution in [2.75, 3.05) is 24.7 Å². The van der Waals surface area contributed by atoms with Gasteiger partial charge in [-0.05, 0) is 80.3 Å². The van der Waals surface area contributed by atoms with Crippen LogP contribution in [-0.4, -0.2) is 13.2 Å². The van der Waals surface area contributed by atoms with E-state index in [0.717, 1.165) is 41.7 Å². The van der Waals surface area contributed by atoms with Gasteiger partial charge in [-0.1, -0.05) is 6.07 Å². The molecule has 25 heavy (non-hydrogen) atoms. The second-order valence-electron chi connectivity index (χ2n) is 7.10. The molecule has 0 radical (unpaired) electrons. The zero-order valence-electron chi connectivity index (χ0n) is 14.9. The van der Waals surface area contributed by atoms with Crippen LogP contribution in [0.3, 0.4) is 0 Å². The molecule has 2 aromatic rings. The van der Waals surface area contributed by atoms with Crippen molar-refractivity contribution in [1.29, 1.82) is 0 Å². The Morgan fingerprint density at radius 1 is 0.800 bits per heavy atom. The largest absolute Gasteiger partial charge is 0.493 e. The minimum absolute atomic E-state index is 0.621. The summed E-state index contributed by atoms with van der Waals surface area (Å²) < 4.78 is 11.8. The van der Waals surface area contributed by atoms with Crippen LogP contribution in [0.2, 0.25) is 0 Å². The minimum atomic E-state index is 0.621. The van der Waals surface area contributed by atoms with Crippen molar-refractivity contribution in [2.24, 2.45) is 11.8 Å². The maximum atomic E-state index is 5.94. The summed E-state index contributed by atoms with van der Waals surface area (Å²) in [6.45, 7) is 3.56. The highest BCUT2D eigenvalue weighted by Gasteiger charge is 2.22. The standard InChI is InChI=1S/C21H28N2O2/c1-15-2-9-20(12-21(15)23)25-14-17-5-3-16(4-6-17)13-24-19-10-7-18(22)8-11-19/h2,7-12,16-17H,3-6,13-14,22-23H2,1H3. The summed E-state index contributed by atoms with van der Waals surface area (Å²) in [4.78, 5) is 0. The molecule has 4 N–H and O–H groups in total. The van der Waals surface area contributed by atoms with Crippen molar-refractivity contribution < 1.29 is 9.47 Å². The van der Waals surface area contributed by atoms with E-state index >= 15 is 0 Å². The van der Waals surface area contributed by atoms with Gasteiger partial charge in [0.2, 0.25) is 0 Å². The molecule has 0 spiro atoms. The molecule has 0 saturated heterocycles. The van der Waals surface area contributed by atoms with E-state index in [0.29, 0.717) is 11.8 Å². The van der Waals surface area contributed by atoms with Gasteiger partial charge in [-0.25, -0.2) is 0 Å². The lowest BCUT2D eigenvalue weighted by Crippen LogP contribution is -2.23. The number of nitrogen functional groups attached to an aromatic ring is 2. The van der Waals surface area contributed by atoms with Gasteiger partial charge in [0, 0.05) is 17.4 Å². The maximum Gasteiger partial charge on any atom is 0.121 e. The molecule has 1 aliphatic rings. The van der Waals surface area contributed by atoms with Gasteiger partial charge in [0.15, 0.2) is 0 Å². The molecule has 2 aromatic carbocycles. The predicted octanol–water partition coefficient (Wildman–Crippen LogP) is 4.42. The average molecular weight is 340 g/mol. The van der Waals surface area contributed by atoms with Gasteiger partial charge in [-0.2, -0.15) is 0 Å². The minimum Gasteiger partial charge on any atom is -0.493 e. The van der Waals surface area contributed by atoms with E-state index in [4.69, 9.17) is 20.9 Å². The molecular formula is C21H28N2O2. The molecule has 0 aromatic heterocycles. The summed E-state index contributed by atoms with van der Waals surface area (Å²) >= 11 is 0. The monoisotopic (exact) mass is 340 g/mol. The fourth-order valence-corrected chi connectivity index (χ4v) is 3.27. The normalized spacial score (nSPS) is 20.2. The van der Waals surface area contributed by atoms with Gasteiger partial charge >= 0.3 is 0 Å². The Bertz CT molecular complexity index is 677. The zero-order chi connectivity index (χ0) is 17.6. The molecule has 0 aliphatic heterocycles. The van der Waals surface area contributed by atoms with Crippen LogP contribution in [0.1, 0.15) is 31.2 Å². The van der Waals surface area contributed by atoms with Crippen LogP contribution in [-0.2, 0) is 0 Å². The van der Waals surface area contributed by atoms with Crippen LogP contribution < -0.4 is 20.9 Å². The van der Waals surface area contributed by atoms with Crippen LogP contribution >= 0.6 is 0 Å². The Balaban J connectivity index is 1.38. The van der Waals surface area contributed by atoms with Crippen molar-refractivity contribution in [2.45, 2.75) is 32.6 Å². The van der Waals surface area contributed by atoms with Crippen molar-refractivity contribution >= 4 is 11.4 Å². The Morgan fingerprint density at radius 3 is 1.88 bits per heavy atom. The van der Waals surface area contributed by atoms with E-state index in [1.807, 2.05) is 49.4 Å². The van der Waals surface area contributed by atoms with Crippen LogP contribution in [0.25, 0.3) is 0 Å². The number of anilines is 2. The van der Waals surface area contributed by atoms with Crippen molar-refractivity contribution in [3.63, 3.8) is 0 Å². The van der Waals surface area contributed by atoms with Gasteiger partial charge in [0.05, 0.1) is 13.2 Å². The van der Waals surface area contributed by atoms with Gasteiger partial charge in [0.1, 0.15) is 11.5 Å². The Labute approximate surface area is 150 Å². The lowest BCUT2D eigenvalue weighted by atomic mass is 9.83. The van der Waals surface area contributed by atoms with Crippen LogP contribution in [0.15, 0.2) is 42.5 Å². The average Bonchev–Trinajstić information content (AvgIpc) is 2.63. The van der Waals surface area contributed by atoms with E-state index in [9.17, 15) is 0 Å². The highest BCUT2D eigenvalue weighted by atomic mass is 16.5. The first-order valence-electron chi connectivity index (χ1n) is 9.07. The van der Waals surface area contributed by atoms with E-state index in [1.54, 1.807) is 0 Å². The summed E-state index contributed by atoms with van der Waals surface area (Å²) in [5, 5.41) is 0. The molecule has 0 heterocycles. The highest BCUT2D eigenvalue weighted by molar-refractivity contribution is 5.50. The molecule has 1 aliphatic carbocycles. The molecule has 134 valence electrons. The number of rotatable bonds is 6. The summed E-state index contributed by atoms with van der Waals surface area (Å²) in [7, 11) is 0. The Morgan fingerprint density at radius 2 is 1.32 bits per heavy atom. The second-order valence-corrected chi connectivity index (χ2v) is 7.10. The molecule has 0 unspecified atom stereocenters. The van der Waals surface area contributed by atoms with Crippen molar-refractivity contribution in [1.82, 2.24) is 0 Å². The molecule has 1 saturated carbocycles. The number of aryl methyl sites for hydroxylation is 1. The maximum absolute atomic E-state index is 5.94. The van der Waals surface area contributed by atoms with Crippen LogP contribution in [0, 0.1) is 18.8 Å². The molecule has 4 heteroatoms. The number of benzene rings is 2. The topological polar surface area (TPSA) is 70.5 Å². The summed E-state index contributed by atoms with van der Waals surface area (Å²) in [6.07, 6.45) is 4.77. The predicted molar refractivity (Wildman–Crippen MR) is 103 cm³/mol. The lowest BCUT2D eigenvalue weighted by Gasteiger charge is -2.28. The number of hydrogen-bond donors (Lipinski definition) is 2. The van der Waals surface area contributed by atoms with E-state index < -0.39 is 0 Å². The lowest BCUT2D eigenvalue weighted by molar-refractivity contribution is 0.148. The number of nitrogens with two attached hydrogens (primary N) is 2. The van der Waals surface area contributed by atoms with Crippen LogP contribution in [0.4, 0.5) is 11.4 Å². The SMILES string of the molecule is Cc1ccc(OCC2CCC(COc3ccc(N)cc3)CC2)cc1N. The van der Waals surface area contributed by atoms with E-state index in [2.05, 4.69) is 0 Å². The van der Waals surface area contributed by atoms with Crippen LogP contribution in [0.5, 0.6) is 11.5 Å². The fraction of sp³-hybridized carbons (Fsp3) is 0.429. The van der Waals surface area contributed by atoms with Crippen molar-refractivity contribution in [3.05, 3.63) is 48.0 Å². The molecule has 3 rings (SSSR count). The number of ether oxygens (including phenoxy) is 2. The van der Waals surface area contributed by atoms with E-state index in [1.165, 1.54) is 25.7 Å². The summed E-state index contributed by atoms with van der Waals surface area (Å²) in [5.41, 5.74) is 14.3. The highest BCUT2D eigenvalue weighted by Crippen LogP contribution is 2.30. The summed E-state index contributed by atoms with van der Waals surface area (Å²) in [5.74, 6) is 3.02. The molecule has 1 fully saturated rings. The first-order valence-corrected chi connectivity index (χ1v) is 9.07.